The number of hydrogen-bond donors (Lipinski definition) is 2. The maximum Gasteiger partial charge on any atom is 0.409 e. The van der Waals surface area contributed by atoms with Crippen LogP contribution in [0.5, 0.6) is 0 Å². The Morgan fingerprint density at radius 3 is 2.49 bits per heavy atom. The number of benzene rings is 3. The second-order valence-corrected chi connectivity index (χ2v) is 14.2. The Morgan fingerprint density at radius 2 is 1.73 bits per heavy atom. The molecule has 0 aliphatic heterocycles. The average molecular weight is 668 g/mol. The number of rotatable bonds is 10. The first kappa shape index (κ1) is 36.5. The largest absolute Gasteiger partial charge is 0.450 e. The molecular weight excluding hydrogens is 614 g/mol. The molecule has 0 spiro atoms. The zero-order chi connectivity index (χ0) is 35.0. The Morgan fingerprint density at radius 1 is 0.980 bits per heavy atom. The molecule has 7 nitrogen and oxygen atoms in total. The lowest BCUT2D eigenvalue weighted by molar-refractivity contribution is -0.0814. The maximum atomic E-state index is 14.8. The van der Waals surface area contributed by atoms with Crippen molar-refractivity contribution in [2.75, 3.05) is 33.4 Å². The Labute approximate surface area is 292 Å². The number of ether oxygens (including phenoxy) is 2. The number of hydrogen-bond acceptors (Lipinski definition) is 6. The van der Waals surface area contributed by atoms with Crippen molar-refractivity contribution < 1.29 is 29.3 Å². The third kappa shape index (κ3) is 8.17. The van der Waals surface area contributed by atoms with Gasteiger partial charge in [0.25, 0.3) is 0 Å². The molecule has 6 rings (SSSR count). The van der Waals surface area contributed by atoms with Gasteiger partial charge in [0.1, 0.15) is 0 Å². The summed E-state index contributed by atoms with van der Waals surface area (Å²) >= 11 is 0. The van der Waals surface area contributed by atoms with E-state index in [9.17, 15) is 19.8 Å². The summed E-state index contributed by atoms with van der Waals surface area (Å²) in [7, 11) is 1.64. The van der Waals surface area contributed by atoms with Crippen molar-refractivity contribution in [3.63, 3.8) is 0 Å². The molecule has 1 amide bonds. The van der Waals surface area contributed by atoms with Gasteiger partial charge in [-0.1, -0.05) is 85.3 Å². The van der Waals surface area contributed by atoms with Crippen LogP contribution in [-0.4, -0.2) is 72.1 Å². The number of fused-ring (bicyclic) bond motifs is 8. The summed E-state index contributed by atoms with van der Waals surface area (Å²) in [6.45, 7) is 7.32. The van der Waals surface area contributed by atoms with Gasteiger partial charge in [-0.15, -0.1) is 0 Å². The second-order valence-electron chi connectivity index (χ2n) is 14.2. The molecule has 2 N–H and O–H groups in total. The van der Waals surface area contributed by atoms with Crippen molar-refractivity contribution in [3.8, 4) is 11.1 Å². The van der Waals surface area contributed by atoms with E-state index < -0.39 is 23.2 Å². The molecule has 3 aromatic rings. The van der Waals surface area contributed by atoms with E-state index in [1.165, 1.54) is 5.57 Å². The number of aliphatic hydroxyl groups is 2. The van der Waals surface area contributed by atoms with Crippen molar-refractivity contribution in [3.05, 3.63) is 107 Å². The van der Waals surface area contributed by atoms with Crippen LogP contribution in [0.15, 0.2) is 84.4 Å². The number of methoxy groups -OCH3 is 1. The molecule has 4 atom stereocenters. The number of carbonyl (C=O) groups excluding carboxylic acids is 2. The summed E-state index contributed by atoms with van der Waals surface area (Å²) in [5.41, 5.74) is 4.20. The molecule has 49 heavy (non-hydrogen) atoms. The van der Waals surface area contributed by atoms with Crippen molar-refractivity contribution in [1.29, 1.82) is 0 Å². The van der Waals surface area contributed by atoms with Crippen LogP contribution in [0.1, 0.15) is 98.7 Å². The van der Waals surface area contributed by atoms with Crippen LogP contribution < -0.4 is 0 Å². The summed E-state index contributed by atoms with van der Waals surface area (Å²) in [6, 6.07) is 23.8. The number of ketones is 1. The lowest BCUT2D eigenvalue weighted by atomic mass is 9.64. The second kappa shape index (κ2) is 16.3. The van der Waals surface area contributed by atoms with Gasteiger partial charge in [0.05, 0.1) is 24.9 Å². The van der Waals surface area contributed by atoms with Crippen molar-refractivity contribution in [1.82, 2.24) is 4.90 Å². The first-order valence-corrected chi connectivity index (χ1v) is 17.9. The molecule has 1 saturated carbocycles. The monoisotopic (exact) mass is 667 g/mol. The van der Waals surface area contributed by atoms with Crippen LogP contribution in [0, 0.1) is 5.41 Å². The fourth-order valence-electron chi connectivity index (χ4n) is 8.06. The van der Waals surface area contributed by atoms with Gasteiger partial charge in [0.15, 0.2) is 5.78 Å². The van der Waals surface area contributed by atoms with E-state index in [1.807, 2.05) is 66.7 Å². The van der Waals surface area contributed by atoms with E-state index >= 15 is 0 Å². The van der Waals surface area contributed by atoms with Crippen LogP contribution in [0.2, 0.25) is 0 Å². The standard InChI is InChI=1S/C42H53NO6/c1-5-49-40(46)43(25-12-26-48-4)29-42(47)24-22-38-35-21-19-31(27-33(44)20-18-30(2)13-11-23-41(38,42)3)28-37(35)39(45)36-17-10-9-16-34(36)32-14-7-6-8-15-32/h6-10,13-17,19,21,28,33,38,44,47H,5,11-12,18,20,22-27,29H2,1-4H3/t33-,38-,41-,42+/m0/s1. The highest BCUT2D eigenvalue weighted by Gasteiger charge is 2.57. The van der Waals surface area contributed by atoms with Gasteiger partial charge in [-0.05, 0) is 99.5 Å². The quantitative estimate of drug-likeness (QED) is 0.129. The number of carbonyl (C=O) groups is 2. The summed E-state index contributed by atoms with van der Waals surface area (Å²) < 4.78 is 10.7. The third-order valence-electron chi connectivity index (χ3n) is 10.9. The fourth-order valence-corrected chi connectivity index (χ4v) is 8.06. The molecule has 3 aliphatic carbocycles. The van der Waals surface area contributed by atoms with E-state index in [0.29, 0.717) is 62.8 Å². The molecule has 0 aromatic heterocycles. The highest BCUT2D eigenvalue weighted by Crippen LogP contribution is 2.59. The molecule has 3 aliphatic rings. The van der Waals surface area contributed by atoms with Crippen LogP contribution in [-0.2, 0) is 15.9 Å². The van der Waals surface area contributed by atoms with Crippen LogP contribution >= 0.6 is 0 Å². The van der Waals surface area contributed by atoms with Crippen LogP contribution in [0.25, 0.3) is 11.1 Å². The summed E-state index contributed by atoms with van der Waals surface area (Å²) in [6.07, 6.45) is 6.29. The van der Waals surface area contributed by atoms with Gasteiger partial charge in [-0.25, -0.2) is 4.79 Å². The van der Waals surface area contributed by atoms with Gasteiger partial charge in [0, 0.05) is 36.8 Å². The highest BCUT2D eigenvalue weighted by molar-refractivity contribution is 6.13. The highest BCUT2D eigenvalue weighted by atomic mass is 16.6. The minimum absolute atomic E-state index is 0.0702. The Hall–Kier alpha value is -3.78. The zero-order valence-corrected chi connectivity index (χ0v) is 29.6. The fraction of sp³-hybridized carbons (Fsp3) is 0.476. The lowest BCUT2D eigenvalue weighted by Gasteiger charge is -2.46. The van der Waals surface area contributed by atoms with Crippen molar-refractivity contribution in [2.45, 2.75) is 89.8 Å². The van der Waals surface area contributed by atoms with E-state index in [0.717, 1.165) is 35.1 Å². The van der Waals surface area contributed by atoms with E-state index in [2.05, 4.69) is 26.0 Å². The number of nitrogens with zero attached hydrogens (tertiary/aromatic N) is 1. The molecule has 3 aromatic carbocycles. The predicted octanol–water partition coefficient (Wildman–Crippen LogP) is 8.12. The molecule has 2 bridgehead atoms. The first-order chi connectivity index (χ1) is 23.6. The molecule has 262 valence electrons. The average Bonchev–Trinajstić information content (AvgIpc) is 3.35. The number of allylic oxidation sites excluding steroid dienone is 2. The molecule has 0 radical (unpaired) electrons. The summed E-state index contributed by atoms with van der Waals surface area (Å²) in [5.74, 6) is -0.224. The zero-order valence-electron chi connectivity index (χ0n) is 29.6. The molecule has 0 unspecified atom stereocenters. The predicted molar refractivity (Wildman–Crippen MR) is 194 cm³/mol. The first-order valence-electron chi connectivity index (χ1n) is 17.9. The van der Waals surface area contributed by atoms with Crippen LogP contribution in [0.4, 0.5) is 4.79 Å². The SMILES string of the molecule is CCOC(=O)N(CCCOC)C[C@]1(O)CC[C@H]2c3ccc(cc3C(=O)c3ccccc3-c3ccccc3)C[C@@H](O)CCC(C)=CCC[C@@]21C. The van der Waals surface area contributed by atoms with Gasteiger partial charge < -0.3 is 24.6 Å². The minimum Gasteiger partial charge on any atom is -0.450 e. The van der Waals surface area contributed by atoms with Gasteiger partial charge in [0.2, 0.25) is 0 Å². The number of amides is 1. The summed E-state index contributed by atoms with van der Waals surface area (Å²) in [5, 5.41) is 23.8. The van der Waals surface area contributed by atoms with E-state index in [-0.39, 0.29) is 24.9 Å². The summed E-state index contributed by atoms with van der Waals surface area (Å²) in [4.78, 5) is 29.7. The van der Waals surface area contributed by atoms with Crippen molar-refractivity contribution >= 4 is 11.9 Å². The van der Waals surface area contributed by atoms with Crippen LogP contribution in [0.3, 0.4) is 0 Å². The van der Waals surface area contributed by atoms with E-state index in [1.54, 1.807) is 18.9 Å². The van der Waals surface area contributed by atoms with Gasteiger partial charge in [-0.2, -0.15) is 0 Å². The normalized spacial score (nSPS) is 24.1. The van der Waals surface area contributed by atoms with Gasteiger partial charge in [-0.3, -0.25) is 4.79 Å². The van der Waals surface area contributed by atoms with Gasteiger partial charge >= 0.3 is 6.09 Å². The molecule has 1 fully saturated rings. The smallest absolute Gasteiger partial charge is 0.409 e. The third-order valence-corrected chi connectivity index (χ3v) is 10.9. The topological polar surface area (TPSA) is 96.3 Å². The Kier molecular flexibility index (Phi) is 12.1. The lowest BCUT2D eigenvalue weighted by Crippen LogP contribution is -2.54. The maximum absolute atomic E-state index is 14.8. The van der Waals surface area contributed by atoms with Crippen molar-refractivity contribution in [2.24, 2.45) is 5.41 Å². The number of aliphatic hydroxyl groups excluding tert-OH is 1. The molecule has 0 saturated heterocycles. The van der Waals surface area contributed by atoms with E-state index in [4.69, 9.17) is 9.47 Å². The minimum atomic E-state index is -1.23. The Bertz CT molecular complexity index is 1620. The molecular formula is C42H53NO6. The Balaban J connectivity index is 1.62. The molecule has 7 heteroatoms. The molecule has 0 heterocycles.